The quantitative estimate of drug-likeness (QED) is 0.634. The minimum absolute atomic E-state index is 0.114. The lowest BCUT2D eigenvalue weighted by Gasteiger charge is -2.10. The summed E-state index contributed by atoms with van der Waals surface area (Å²) in [7, 11) is -2.07. The van der Waals surface area contributed by atoms with Gasteiger partial charge < -0.3 is 10.1 Å². The van der Waals surface area contributed by atoms with Crippen LogP contribution in [0.4, 0.5) is 5.82 Å². The lowest BCUT2D eigenvalue weighted by Crippen LogP contribution is -2.13. The van der Waals surface area contributed by atoms with Crippen LogP contribution in [0.1, 0.15) is 11.4 Å². The first kappa shape index (κ1) is 19.8. The van der Waals surface area contributed by atoms with E-state index in [0.717, 1.165) is 22.6 Å². The summed E-state index contributed by atoms with van der Waals surface area (Å²) in [6, 6.07) is 16.2. The standard InChI is InChI=1S/C20H22N4O3S/c1-14-23-19(16-6-4-7-17(12-16)27-2)13-20(24-14)22-10-9-15-5-3-8-18(11-15)28(21,25)26/h3-8,11-13H,9-10H2,1-2H3,(H2,21,25,26)(H,22,23,24). The van der Waals surface area contributed by atoms with Crippen LogP contribution in [-0.4, -0.2) is 32.0 Å². The average Bonchev–Trinajstić information content (AvgIpc) is 2.67. The van der Waals surface area contributed by atoms with Crippen molar-refractivity contribution in [1.82, 2.24) is 9.97 Å². The number of hydrogen-bond donors (Lipinski definition) is 2. The molecule has 7 nitrogen and oxygen atoms in total. The minimum atomic E-state index is -3.70. The van der Waals surface area contributed by atoms with Gasteiger partial charge >= 0.3 is 0 Å². The lowest BCUT2D eigenvalue weighted by atomic mass is 10.1. The molecule has 3 aromatic rings. The summed E-state index contributed by atoms with van der Waals surface area (Å²) < 4.78 is 28.2. The Morgan fingerprint density at radius 3 is 2.61 bits per heavy atom. The molecule has 0 fully saturated rings. The highest BCUT2D eigenvalue weighted by molar-refractivity contribution is 7.89. The van der Waals surface area contributed by atoms with Gasteiger partial charge in [-0.1, -0.05) is 24.3 Å². The average molecular weight is 398 g/mol. The van der Waals surface area contributed by atoms with Crippen LogP contribution in [0.25, 0.3) is 11.3 Å². The van der Waals surface area contributed by atoms with Crippen molar-refractivity contribution in [2.24, 2.45) is 5.14 Å². The number of aryl methyl sites for hydroxylation is 1. The molecule has 0 amide bonds. The minimum Gasteiger partial charge on any atom is -0.497 e. The number of nitrogens with one attached hydrogen (secondary N) is 1. The predicted octanol–water partition coefficient (Wildman–Crippen LogP) is 2.76. The number of nitrogens with two attached hydrogens (primary N) is 1. The molecule has 2 aromatic carbocycles. The molecule has 1 heterocycles. The van der Waals surface area contributed by atoms with E-state index < -0.39 is 10.0 Å². The second-order valence-electron chi connectivity index (χ2n) is 6.29. The van der Waals surface area contributed by atoms with E-state index in [1.807, 2.05) is 43.3 Å². The summed E-state index contributed by atoms with van der Waals surface area (Å²) in [6.45, 7) is 2.42. The summed E-state index contributed by atoms with van der Waals surface area (Å²) in [4.78, 5) is 9.03. The highest BCUT2D eigenvalue weighted by atomic mass is 32.2. The van der Waals surface area contributed by atoms with Crippen LogP contribution in [-0.2, 0) is 16.4 Å². The zero-order valence-electron chi connectivity index (χ0n) is 15.7. The molecule has 0 saturated carbocycles. The highest BCUT2D eigenvalue weighted by Crippen LogP contribution is 2.24. The number of anilines is 1. The Kier molecular flexibility index (Phi) is 5.91. The topological polar surface area (TPSA) is 107 Å². The van der Waals surface area contributed by atoms with E-state index in [1.54, 1.807) is 19.2 Å². The number of benzene rings is 2. The maximum atomic E-state index is 11.5. The maximum absolute atomic E-state index is 11.5. The third-order valence-corrected chi connectivity index (χ3v) is 5.06. The van der Waals surface area contributed by atoms with Gasteiger partial charge in [0.15, 0.2) is 0 Å². The van der Waals surface area contributed by atoms with Crippen LogP contribution < -0.4 is 15.2 Å². The van der Waals surface area contributed by atoms with Crippen molar-refractivity contribution in [1.29, 1.82) is 0 Å². The van der Waals surface area contributed by atoms with Gasteiger partial charge in [0, 0.05) is 18.2 Å². The van der Waals surface area contributed by atoms with E-state index in [-0.39, 0.29) is 4.90 Å². The molecule has 8 heteroatoms. The zero-order chi connectivity index (χ0) is 20.1. The number of hydrogen-bond acceptors (Lipinski definition) is 6. The second-order valence-corrected chi connectivity index (χ2v) is 7.85. The number of primary sulfonamides is 1. The number of rotatable bonds is 7. The Bertz CT molecular complexity index is 1080. The number of nitrogens with zero attached hydrogens (tertiary/aromatic N) is 2. The van der Waals surface area contributed by atoms with Gasteiger partial charge in [-0.25, -0.2) is 23.5 Å². The first-order valence-corrected chi connectivity index (χ1v) is 10.3. The van der Waals surface area contributed by atoms with Crippen LogP contribution in [0.2, 0.25) is 0 Å². The molecule has 0 unspecified atom stereocenters. The number of sulfonamides is 1. The molecular weight excluding hydrogens is 376 g/mol. The van der Waals surface area contributed by atoms with Crippen molar-refractivity contribution in [2.75, 3.05) is 19.0 Å². The Morgan fingerprint density at radius 1 is 1.07 bits per heavy atom. The van der Waals surface area contributed by atoms with Crippen LogP contribution in [0.15, 0.2) is 59.5 Å². The van der Waals surface area contributed by atoms with Crippen LogP contribution in [0, 0.1) is 6.92 Å². The first-order chi connectivity index (χ1) is 13.3. The smallest absolute Gasteiger partial charge is 0.238 e. The third kappa shape index (κ3) is 5.05. The Hall–Kier alpha value is -2.97. The molecule has 1 aromatic heterocycles. The molecule has 0 atom stereocenters. The van der Waals surface area contributed by atoms with E-state index in [2.05, 4.69) is 15.3 Å². The summed E-state index contributed by atoms with van der Waals surface area (Å²) in [6.07, 6.45) is 0.626. The summed E-state index contributed by atoms with van der Waals surface area (Å²) >= 11 is 0. The molecule has 0 spiro atoms. The molecule has 0 aliphatic rings. The molecule has 0 radical (unpaired) electrons. The normalized spacial score (nSPS) is 11.2. The van der Waals surface area contributed by atoms with Crippen molar-refractivity contribution in [3.05, 3.63) is 66.0 Å². The van der Waals surface area contributed by atoms with Crippen molar-refractivity contribution in [3.8, 4) is 17.0 Å². The van der Waals surface area contributed by atoms with E-state index in [4.69, 9.17) is 9.88 Å². The van der Waals surface area contributed by atoms with Crippen molar-refractivity contribution in [3.63, 3.8) is 0 Å². The fourth-order valence-electron chi connectivity index (χ4n) is 2.80. The number of ether oxygens (including phenoxy) is 1. The predicted molar refractivity (Wildman–Crippen MR) is 109 cm³/mol. The molecule has 0 aliphatic heterocycles. The monoisotopic (exact) mass is 398 g/mol. The molecule has 3 rings (SSSR count). The summed E-state index contributed by atoms with van der Waals surface area (Å²) in [5.74, 6) is 2.12. The highest BCUT2D eigenvalue weighted by Gasteiger charge is 2.09. The molecule has 0 bridgehead atoms. The Labute approximate surface area is 164 Å². The Morgan fingerprint density at radius 2 is 1.86 bits per heavy atom. The molecule has 0 saturated heterocycles. The Balaban J connectivity index is 1.72. The van der Waals surface area contributed by atoms with Gasteiger partial charge in [0.05, 0.1) is 17.7 Å². The summed E-state index contributed by atoms with van der Waals surface area (Å²) in [5, 5.41) is 8.45. The lowest BCUT2D eigenvalue weighted by molar-refractivity contribution is 0.415. The largest absolute Gasteiger partial charge is 0.497 e. The molecule has 3 N–H and O–H groups in total. The van der Waals surface area contributed by atoms with E-state index in [1.165, 1.54) is 6.07 Å². The van der Waals surface area contributed by atoms with Crippen molar-refractivity contribution in [2.45, 2.75) is 18.2 Å². The van der Waals surface area contributed by atoms with Gasteiger partial charge in [-0.05, 0) is 43.2 Å². The molecule has 0 aliphatic carbocycles. The SMILES string of the molecule is COc1cccc(-c2cc(NCCc3cccc(S(N)(=O)=O)c3)nc(C)n2)c1. The number of aromatic nitrogens is 2. The third-order valence-electron chi connectivity index (χ3n) is 4.15. The molecule has 28 heavy (non-hydrogen) atoms. The van der Waals surface area contributed by atoms with Gasteiger partial charge in [-0.2, -0.15) is 0 Å². The van der Waals surface area contributed by atoms with Gasteiger partial charge in [-0.15, -0.1) is 0 Å². The summed E-state index contributed by atoms with van der Waals surface area (Å²) in [5.41, 5.74) is 2.61. The molecular formula is C20H22N4O3S. The van der Waals surface area contributed by atoms with Crippen LogP contribution >= 0.6 is 0 Å². The van der Waals surface area contributed by atoms with E-state index >= 15 is 0 Å². The van der Waals surface area contributed by atoms with Crippen molar-refractivity contribution < 1.29 is 13.2 Å². The zero-order valence-corrected chi connectivity index (χ0v) is 16.5. The van der Waals surface area contributed by atoms with Gasteiger partial charge in [-0.3, -0.25) is 0 Å². The fraction of sp³-hybridized carbons (Fsp3) is 0.200. The van der Waals surface area contributed by atoms with Gasteiger partial charge in [0.2, 0.25) is 10.0 Å². The van der Waals surface area contributed by atoms with Crippen molar-refractivity contribution >= 4 is 15.8 Å². The first-order valence-electron chi connectivity index (χ1n) is 8.71. The van der Waals surface area contributed by atoms with Crippen LogP contribution in [0.5, 0.6) is 5.75 Å². The van der Waals surface area contributed by atoms with Gasteiger partial charge in [0.25, 0.3) is 0 Å². The maximum Gasteiger partial charge on any atom is 0.238 e. The van der Waals surface area contributed by atoms with E-state index in [9.17, 15) is 8.42 Å². The molecule has 146 valence electrons. The van der Waals surface area contributed by atoms with E-state index in [0.29, 0.717) is 24.6 Å². The van der Waals surface area contributed by atoms with Gasteiger partial charge in [0.1, 0.15) is 17.4 Å². The van der Waals surface area contributed by atoms with Crippen LogP contribution in [0.3, 0.4) is 0 Å². The fourth-order valence-corrected chi connectivity index (χ4v) is 3.39. The number of methoxy groups -OCH3 is 1. The second kappa shape index (κ2) is 8.37.